The summed E-state index contributed by atoms with van der Waals surface area (Å²) in [7, 11) is 3.76. The van der Waals surface area contributed by atoms with Crippen LogP contribution in [-0.4, -0.2) is 89.6 Å². The molecule has 0 aliphatic carbocycles. The SMILES string of the molecule is CC[C@H]1OC(=O)[CH]C(=O)[C@H](C)[C@@H](OC2OC(C)CC(N(C)C)C2O)[C@@H](C)C[C@@H](C)C(=O)[C@H](C)[C@@H](O)[C@H]1C. The molecule has 0 aromatic heterocycles. The second kappa shape index (κ2) is 13.6. The minimum absolute atomic E-state index is 0.0935. The average Bonchev–Trinajstić information content (AvgIpc) is 2.84. The van der Waals surface area contributed by atoms with Crippen LogP contribution in [0.1, 0.15) is 67.7 Å². The van der Waals surface area contributed by atoms with Crippen molar-refractivity contribution in [2.45, 2.75) is 111 Å². The average molecular weight is 527 g/mol. The van der Waals surface area contributed by atoms with Gasteiger partial charge in [-0.15, -0.1) is 0 Å². The number of carbonyl (C=O) groups is 3. The smallest absolute Gasteiger partial charge is 0.318 e. The van der Waals surface area contributed by atoms with E-state index < -0.39 is 66.1 Å². The van der Waals surface area contributed by atoms with Gasteiger partial charge in [0.05, 0.1) is 18.3 Å². The van der Waals surface area contributed by atoms with E-state index >= 15 is 0 Å². The van der Waals surface area contributed by atoms with E-state index in [9.17, 15) is 24.6 Å². The van der Waals surface area contributed by atoms with E-state index in [2.05, 4.69) is 0 Å². The summed E-state index contributed by atoms with van der Waals surface area (Å²) in [6, 6.07) is -0.189. The predicted octanol–water partition coefficient (Wildman–Crippen LogP) is 2.41. The van der Waals surface area contributed by atoms with Crippen LogP contribution in [0.25, 0.3) is 0 Å². The standard InChI is InChI=1S/C28H48NO8/c1-10-22-18(6)25(33)19(7)24(32)14(2)11-15(3)27(17(5)21(30)13-23(31)36-22)37-28-26(34)20(29(8)9)12-16(4)35-28/h13-20,22,25-28,33-34H,10-12H2,1-9H3/t14-,15+,16?,17+,18+,19+,20?,22-,25+,26?,27+,28?/m1/s1. The molecule has 213 valence electrons. The molecule has 2 heterocycles. The van der Waals surface area contributed by atoms with Gasteiger partial charge in [0, 0.05) is 29.7 Å². The number of hydrogen-bond acceptors (Lipinski definition) is 9. The van der Waals surface area contributed by atoms with E-state index in [0.29, 0.717) is 19.3 Å². The molecule has 2 N–H and O–H groups in total. The first-order valence-corrected chi connectivity index (χ1v) is 13.7. The van der Waals surface area contributed by atoms with Crippen LogP contribution in [0.3, 0.4) is 0 Å². The maximum Gasteiger partial charge on any atom is 0.318 e. The first-order chi connectivity index (χ1) is 17.2. The Bertz CT molecular complexity index is 788. The Balaban J connectivity index is 2.38. The van der Waals surface area contributed by atoms with Gasteiger partial charge in [-0.1, -0.05) is 41.5 Å². The summed E-state index contributed by atoms with van der Waals surface area (Å²) in [5.74, 6) is -3.91. The van der Waals surface area contributed by atoms with Gasteiger partial charge in [-0.25, -0.2) is 0 Å². The fourth-order valence-corrected chi connectivity index (χ4v) is 5.81. The van der Waals surface area contributed by atoms with Crippen LogP contribution < -0.4 is 0 Å². The van der Waals surface area contributed by atoms with Gasteiger partial charge in [0.2, 0.25) is 0 Å². The second-order valence-electron chi connectivity index (χ2n) is 11.5. The highest BCUT2D eigenvalue weighted by Gasteiger charge is 2.43. The predicted molar refractivity (Wildman–Crippen MR) is 138 cm³/mol. The lowest BCUT2D eigenvalue weighted by Crippen LogP contribution is -2.56. The summed E-state index contributed by atoms with van der Waals surface area (Å²) >= 11 is 0. The Kier molecular flexibility index (Phi) is 11.7. The molecule has 2 aliphatic heterocycles. The van der Waals surface area contributed by atoms with Crippen LogP contribution in [0.15, 0.2) is 0 Å². The van der Waals surface area contributed by atoms with Gasteiger partial charge in [0.1, 0.15) is 24.4 Å². The highest BCUT2D eigenvalue weighted by atomic mass is 16.7. The number of ketones is 2. The van der Waals surface area contributed by atoms with E-state index in [0.717, 1.165) is 6.42 Å². The lowest BCUT2D eigenvalue weighted by molar-refractivity contribution is -0.277. The second-order valence-corrected chi connectivity index (χ2v) is 11.5. The van der Waals surface area contributed by atoms with Crippen molar-refractivity contribution in [1.82, 2.24) is 4.90 Å². The minimum atomic E-state index is -0.997. The molecule has 37 heavy (non-hydrogen) atoms. The van der Waals surface area contributed by atoms with E-state index in [1.54, 1.807) is 20.8 Å². The third-order valence-corrected chi connectivity index (χ3v) is 8.30. The van der Waals surface area contributed by atoms with Crippen molar-refractivity contribution in [3.05, 3.63) is 6.42 Å². The van der Waals surface area contributed by atoms with Gasteiger partial charge in [0.25, 0.3) is 0 Å². The monoisotopic (exact) mass is 526 g/mol. The number of esters is 1. The van der Waals surface area contributed by atoms with Crippen molar-refractivity contribution in [3.63, 3.8) is 0 Å². The molecule has 0 saturated carbocycles. The fourth-order valence-electron chi connectivity index (χ4n) is 5.81. The summed E-state index contributed by atoms with van der Waals surface area (Å²) in [6.45, 7) is 12.6. The molecule has 0 bridgehead atoms. The normalized spacial score (nSPS) is 43.4. The number of cyclic esters (lactones) is 1. The molecule has 2 saturated heterocycles. The number of likely N-dealkylation sites (N-methyl/N-ethyl adjacent to an activating group) is 1. The number of aliphatic hydroxyl groups excluding tert-OH is 2. The van der Waals surface area contributed by atoms with Gasteiger partial charge in [-0.05, 0) is 46.2 Å². The number of ether oxygens (including phenoxy) is 3. The fraction of sp³-hybridized carbons (Fsp3) is 0.857. The zero-order valence-electron chi connectivity index (χ0n) is 23.9. The number of carbonyl (C=O) groups excluding carboxylic acids is 3. The van der Waals surface area contributed by atoms with Crippen LogP contribution in [0.5, 0.6) is 0 Å². The van der Waals surface area contributed by atoms with Gasteiger partial charge in [-0.3, -0.25) is 14.4 Å². The molecule has 0 aromatic carbocycles. The molecule has 0 amide bonds. The lowest BCUT2D eigenvalue weighted by Gasteiger charge is -2.43. The Morgan fingerprint density at radius 3 is 2.16 bits per heavy atom. The largest absolute Gasteiger partial charge is 0.461 e. The summed E-state index contributed by atoms with van der Waals surface area (Å²) in [4.78, 5) is 41.1. The highest BCUT2D eigenvalue weighted by molar-refractivity contribution is 6.08. The van der Waals surface area contributed by atoms with Gasteiger partial charge in [0.15, 0.2) is 12.1 Å². The number of rotatable bonds is 4. The molecular formula is C28H48NO8. The molecule has 0 spiro atoms. The quantitative estimate of drug-likeness (QED) is 0.532. The summed E-state index contributed by atoms with van der Waals surface area (Å²) < 4.78 is 17.8. The number of nitrogens with zero attached hydrogens (tertiary/aromatic N) is 1. The summed E-state index contributed by atoms with van der Waals surface area (Å²) in [5.41, 5.74) is 0. The molecule has 2 aliphatic rings. The summed E-state index contributed by atoms with van der Waals surface area (Å²) in [6.07, 6.45) is -2.04. The van der Waals surface area contributed by atoms with Crippen LogP contribution in [0.2, 0.25) is 0 Å². The molecule has 1 radical (unpaired) electrons. The van der Waals surface area contributed by atoms with Crippen molar-refractivity contribution in [2.24, 2.45) is 29.6 Å². The molecule has 4 unspecified atom stereocenters. The minimum Gasteiger partial charge on any atom is -0.461 e. The first kappa shape index (κ1) is 31.8. The van der Waals surface area contributed by atoms with Crippen LogP contribution >= 0.6 is 0 Å². The zero-order valence-corrected chi connectivity index (χ0v) is 23.9. The maximum atomic E-state index is 13.3. The van der Waals surface area contributed by atoms with Crippen molar-refractivity contribution < 1.29 is 38.8 Å². The number of Topliss-reactive ketones (excluding diaryl/α,β-unsaturated/α-hetero) is 2. The number of hydrogen-bond donors (Lipinski definition) is 2. The lowest BCUT2D eigenvalue weighted by atomic mass is 9.78. The molecule has 2 rings (SSSR count). The van der Waals surface area contributed by atoms with E-state index in [-0.39, 0.29) is 23.8 Å². The van der Waals surface area contributed by atoms with Crippen LogP contribution in [0, 0.1) is 36.0 Å². The van der Waals surface area contributed by atoms with E-state index in [4.69, 9.17) is 14.2 Å². The Morgan fingerprint density at radius 2 is 1.59 bits per heavy atom. The Labute approximate surface area is 222 Å². The van der Waals surface area contributed by atoms with Gasteiger partial charge in [-0.2, -0.15) is 0 Å². The molecule has 9 nitrogen and oxygen atoms in total. The Morgan fingerprint density at radius 1 is 0.973 bits per heavy atom. The van der Waals surface area contributed by atoms with E-state index in [1.807, 2.05) is 46.7 Å². The zero-order chi connectivity index (χ0) is 28.2. The van der Waals surface area contributed by atoms with Gasteiger partial charge >= 0.3 is 5.97 Å². The molecule has 0 aromatic rings. The van der Waals surface area contributed by atoms with Gasteiger partial charge < -0.3 is 29.3 Å². The summed E-state index contributed by atoms with van der Waals surface area (Å²) in [5, 5.41) is 21.9. The van der Waals surface area contributed by atoms with Crippen LogP contribution in [0.4, 0.5) is 0 Å². The highest BCUT2D eigenvalue weighted by Crippen LogP contribution is 2.33. The molecule has 2 fully saturated rings. The van der Waals surface area contributed by atoms with Crippen molar-refractivity contribution in [1.29, 1.82) is 0 Å². The molecular weight excluding hydrogens is 478 g/mol. The molecule has 12 atom stereocenters. The van der Waals surface area contributed by atoms with Crippen molar-refractivity contribution >= 4 is 17.5 Å². The third-order valence-electron chi connectivity index (χ3n) is 8.30. The topological polar surface area (TPSA) is 123 Å². The van der Waals surface area contributed by atoms with Crippen molar-refractivity contribution in [3.8, 4) is 0 Å². The third kappa shape index (κ3) is 7.82. The van der Waals surface area contributed by atoms with E-state index in [1.165, 1.54) is 0 Å². The Hall–Kier alpha value is -1.39. The molecule has 9 heteroatoms. The number of aliphatic hydroxyl groups is 2. The first-order valence-electron chi connectivity index (χ1n) is 13.7. The maximum absolute atomic E-state index is 13.3. The van der Waals surface area contributed by atoms with Crippen molar-refractivity contribution in [2.75, 3.05) is 14.1 Å². The van der Waals surface area contributed by atoms with Crippen LogP contribution in [-0.2, 0) is 28.6 Å².